The summed E-state index contributed by atoms with van der Waals surface area (Å²) in [4.78, 5) is 11.2. The van der Waals surface area contributed by atoms with Crippen molar-refractivity contribution in [3.63, 3.8) is 0 Å². The molecule has 2 aromatic rings. The van der Waals surface area contributed by atoms with Gasteiger partial charge in [0, 0.05) is 32.4 Å². The maximum absolute atomic E-state index is 11.8. The third-order valence-electron chi connectivity index (χ3n) is 4.96. The Bertz CT molecular complexity index is 1090. The maximum atomic E-state index is 11.8. The number of alkyl halides is 3. The van der Waals surface area contributed by atoms with E-state index in [1.165, 1.54) is 0 Å². The summed E-state index contributed by atoms with van der Waals surface area (Å²) in [5.74, 6) is -1.13. The van der Waals surface area contributed by atoms with Crippen LogP contribution in [0, 0.1) is 0 Å². The van der Waals surface area contributed by atoms with Crippen molar-refractivity contribution < 1.29 is 41.0 Å². The first kappa shape index (κ1) is 24.8. The monoisotopic (exact) mass is 492 g/mol. The van der Waals surface area contributed by atoms with Crippen LogP contribution in [0.1, 0.15) is 24.2 Å². The third kappa shape index (κ3) is 6.58. The number of fused-ring (bicyclic) bond motifs is 2. The molecule has 0 amide bonds. The van der Waals surface area contributed by atoms with Crippen LogP contribution in [-0.2, 0) is 27.9 Å². The number of rotatable bonds is 6. The molecule has 0 spiro atoms. The Kier molecular flexibility index (Phi) is 7.49. The minimum atomic E-state index is -5.08. The number of hydrogen-bond donors (Lipinski definition) is 2. The van der Waals surface area contributed by atoms with Gasteiger partial charge in [0.25, 0.3) is 0 Å². The summed E-state index contributed by atoms with van der Waals surface area (Å²) in [6.07, 6.45) is -3.32. The minimum absolute atomic E-state index is 0.0379. The summed E-state index contributed by atoms with van der Waals surface area (Å²) >= 11 is 0. The van der Waals surface area contributed by atoms with Crippen LogP contribution >= 0.6 is 0 Å². The summed E-state index contributed by atoms with van der Waals surface area (Å²) in [7, 11) is -3.23. The Hall–Kier alpha value is -2.84. The molecule has 4 rings (SSSR count). The SMILES string of the molecule is CCS(=O)(=O)NCC1CN(Cc2ccc3c(c2)OCO3)Cc2ccnn21.O=C(O)C(F)(F)F. The molecule has 10 nitrogen and oxygen atoms in total. The molecule has 2 N–H and O–H groups in total. The van der Waals surface area contributed by atoms with Gasteiger partial charge in [-0.05, 0) is 30.7 Å². The number of benzene rings is 1. The number of hydrogen-bond acceptors (Lipinski definition) is 7. The molecule has 14 heteroatoms. The summed E-state index contributed by atoms with van der Waals surface area (Å²) in [5.41, 5.74) is 2.22. The molecule has 1 aromatic heterocycles. The average Bonchev–Trinajstić information content (AvgIpc) is 3.40. The van der Waals surface area contributed by atoms with Gasteiger partial charge >= 0.3 is 12.1 Å². The molecular weight excluding hydrogens is 469 g/mol. The Morgan fingerprint density at radius 2 is 1.97 bits per heavy atom. The van der Waals surface area contributed by atoms with E-state index in [2.05, 4.69) is 14.7 Å². The van der Waals surface area contributed by atoms with Gasteiger partial charge in [-0.1, -0.05) is 6.07 Å². The molecule has 0 radical (unpaired) electrons. The first-order chi connectivity index (χ1) is 15.5. The van der Waals surface area contributed by atoms with E-state index in [1.807, 2.05) is 28.9 Å². The zero-order chi connectivity index (χ0) is 24.2. The van der Waals surface area contributed by atoms with Crippen molar-refractivity contribution in [2.45, 2.75) is 32.2 Å². The van der Waals surface area contributed by atoms with E-state index < -0.39 is 22.2 Å². The number of carbonyl (C=O) groups is 1. The Morgan fingerprint density at radius 3 is 2.64 bits per heavy atom. The largest absolute Gasteiger partial charge is 0.490 e. The molecule has 3 heterocycles. The van der Waals surface area contributed by atoms with Crippen LogP contribution in [-0.4, -0.2) is 66.0 Å². The second-order valence-electron chi connectivity index (χ2n) is 7.33. The van der Waals surface area contributed by atoms with Crippen LogP contribution in [0.4, 0.5) is 13.2 Å². The zero-order valence-electron chi connectivity index (χ0n) is 17.6. The second kappa shape index (κ2) is 9.97. The molecule has 2 aliphatic rings. The van der Waals surface area contributed by atoms with Crippen molar-refractivity contribution in [2.75, 3.05) is 25.6 Å². The molecule has 0 bridgehead atoms. The summed E-state index contributed by atoms with van der Waals surface area (Å²) in [6.45, 7) is 4.47. The van der Waals surface area contributed by atoms with E-state index in [-0.39, 0.29) is 18.6 Å². The number of halogens is 3. The van der Waals surface area contributed by atoms with Gasteiger partial charge in [-0.25, -0.2) is 17.9 Å². The van der Waals surface area contributed by atoms with E-state index in [9.17, 15) is 21.6 Å². The highest BCUT2D eigenvalue weighted by Gasteiger charge is 2.38. The van der Waals surface area contributed by atoms with E-state index in [4.69, 9.17) is 19.4 Å². The van der Waals surface area contributed by atoms with Crippen molar-refractivity contribution in [1.29, 1.82) is 0 Å². The van der Waals surface area contributed by atoms with Gasteiger partial charge in [-0.15, -0.1) is 0 Å². The lowest BCUT2D eigenvalue weighted by molar-refractivity contribution is -0.192. The number of carboxylic acid groups (broad SMARTS) is 1. The number of sulfonamides is 1. The molecule has 1 atom stereocenters. The molecular formula is C19H23F3N4O6S. The van der Waals surface area contributed by atoms with E-state index >= 15 is 0 Å². The van der Waals surface area contributed by atoms with Crippen molar-refractivity contribution in [3.8, 4) is 11.5 Å². The van der Waals surface area contributed by atoms with Gasteiger partial charge in [-0.2, -0.15) is 18.3 Å². The van der Waals surface area contributed by atoms with Crippen LogP contribution in [0.15, 0.2) is 30.5 Å². The standard InChI is InChI=1S/C17H22N4O4S.C2HF3O2/c1-2-26(22,23)19-8-15-11-20(10-14-5-6-18-21(14)15)9-13-3-4-16-17(7-13)25-12-24-16;3-2(4,5)1(6)7/h3-7,15,19H,2,8-12H2,1H3;(H,6,7). The van der Waals surface area contributed by atoms with Crippen LogP contribution in [0.3, 0.4) is 0 Å². The second-order valence-corrected chi connectivity index (χ2v) is 9.43. The molecule has 0 saturated heterocycles. The number of aromatic nitrogens is 2. The molecule has 1 unspecified atom stereocenters. The van der Waals surface area contributed by atoms with Crippen LogP contribution < -0.4 is 14.2 Å². The molecule has 0 fully saturated rings. The fourth-order valence-electron chi connectivity index (χ4n) is 3.36. The smallest absolute Gasteiger partial charge is 0.475 e. The van der Waals surface area contributed by atoms with Gasteiger partial charge in [0.05, 0.1) is 17.5 Å². The lowest BCUT2D eigenvalue weighted by atomic mass is 10.1. The van der Waals surface area contributed by atoms with Crippen LogP contribution in [0.5, 0.6) is 11.5 Å². The summed E-state index contributed by atoms with van der Waals surface area (Å²) in [6, 6.07) is 7.91. The van der Waals surface area contributed by atoms with Gasteiger partial charge in [0.1, 0.15) is 0 Å². The highest BCUT2D eigenvalue weighted by Crippen LogP contribution is 2.33. The Balaban J connectivity index is 0.000000383. The maximum Gasteiger partial charge on any atom is 0.490 e. The van der Waals surface area contributed by atoms with Gasteiger partial charge in [0.2, 0.25) is 16.8 Å². The van der Waals surface area contributed by atoms with Crippen molar-refractivity contribution in [3.05, 3.63) is 41.7 Å². The van der Waals surface area contributed by atoms with Crippen LogP contribution in [0.2, 0.25) is 0 Å². The molecule has 182 valence electrons. The fraction of sp³-hybridized carbons (Fsp3) is 0.474. The van der Waals surface area contributed by atoms with Gasteiger partial charge in [0.15, 0.2) is 11.5 Å². The highest BCUT2D eigenvalue weighted by molar-refractivity contribution is 7.89. The lowest BCUT2D eigenvalue weighted by Gasteiger charge is -2.34. The lowest BCUT2D eigenvalue weighted by Crippen LogP contribution is -2.42. The number of aliphatic carboxylic acids is 1. The highest BCUT2D eigenvalue weighted by atomic mass is 32.2. The summed E-state index contributed by atoms with van der Waals surface area (Å²) in [5, 5.41) is 11.5. The molecule has 0 saturated carbocycles. The first-order valence-electron chi connectivity index (χ1n) is 9.89. The van der Waals surface area contributed by atoms with Gasteiger partial charge in [-0.3, -0.25) is 9.58 Å². The Morgan fingerprint density at radius 1 is 1.27 bits per heavy atom. The Labute approximate surface area is 187 Å². The first-order valence-corrected chi connectivity index (χ1v) is 11.5. The van der Waals surface area contributed by atoms with Crippen LogP contribution in [0.25, 0.3) is 0 Å². The number of ether oxygens (including phenoxy) is 2. The fourth-order valence-corrected chi connectivity index (χ4v) is 4.01. The van der Waals surface area contributed by atoms with Crippen molar-refractivity contribution in [1.82, 2.24) is 19.4 Å². The third-order valence-corrected chi connectivity index (χ3v) is 6.32. The minimum Gasteiger partial charge on any atom is -0.475 e. The molecule has 0 aliphatic carbocycles. The number of nitrogens with zero attached hydrogens (tertiary/aromatic N) is 3. The van der Waals surface area contributed by atoms with E-state index in [0.29, 0.717) is 6.54 Å². The number of nitrogens with one attached hydrogen (secondary N) is 1. The quantitative estimate of drug-likeness (QED) is 0.625. The summed E-state index contributed by atoms with van der Waals surface area (Å²) < 4.78 is 70.7. The van der Waals surface area contributed by atoms with E-state index in [1.54, 1.807) is 13.1 Å². The van der Waals surface area contributed by atoms with Crippen molar-refractivity contribution in [2.24, 2.45) is 0 Å². The molecule has 33 heavy (non-hydrogen) atoms. The van der Waals surface area contributed by atoms with Crippen molar-refractivity contribution >= 4 is 16.0 Å². The van der Waals surface area contributed by atoms with Gasteiger partial charge < -0.3 is 14.6 Å². The molecule has 1 aromatic carbocycles. The topological polar surface area (TPSA) is 123 Å². The van der Waals surface area contributed by atoms with E-state index in [0.717, 1.165) is 42.4 Å². The molecule has 2 aliphatic heterocycles. The predicted molar refractivity (Wildman–Crippen MR) is 109 cm³/mol. The number of carboxylic acids is 1. The zero-order valence-corrected chi connectivity index (χ0v) is 18.4. The predicted octanol–water partition coefficient (Wildman–Crippen LogP) is 1.74. The normalized spacial score (nSPS) is 17.8. The average molecular weight is 492 g/mol.